The van der Waals surface area contributed by atoms with Gasteiger partial charge in [0.2, 0.25) is 11.8 Å². The number of anilines is 2. The molecule has 2 aliphatic rings. The van der Waals surface area contributed by atoms with Gasteiger partial charge >= 0.3 is 6.01 Å². The SMILES string of the molecule is Nc1ncc2c(n1)CN(Cc1nnc(N3CCCCC3)o1)C2. The van der Waals surface area contributed by atoms with Crippen LogP contribution in [0.15, 0.2) is 10.6 Å². The summed E-state index contributed by atoms with van der Waals surface area (Å²) in [5.41, 5.74) is 7.73. The van der Waals surface area contributed by atoms with E-state index in [-0.39, 0.29) is 0 Å². The lowest BCUT2D eigenvalue weighted by Crippen LogP contribution is -2.29. The highest BCUT2D eigenvalue weighted by Gasteiger charge is 2.24. The van der Waals surface area contributed by atoms with Gasteiger partial charge in [-0.25, -0.2) is 9.97 Å². The minimum absolute atomic E-state index is 0.325. The zero-order valence-electron chi connectivity index (χ0n) is 12.4. The maximum absolute atomic E-state index is 5.81. The molecule has 1 saturated heterocycles. The molecule has 4 heterocycles. The molecule has 116 valence electrons. The Morgan fingerprint density at radius 1 is 1.14 bits per heavy atom. The zero-order valence-corrected chi connectivity index (χ0v) is 12.4. The maximum Gasteiger partial charge on any atom is 0.318 e. The van der Waals surface area contributed by atoms with E-state index in [1.807, 2.05) is 0 Å². The molecule has 0 atom stereocenters. The molecule has 2 N–H and O–H groups in total. The number of piperidine rings is 1. The molecule has 0 spiro atoms. The van der Waals surface area contributed by atoms with Crippen LogP contribution < -0.4 is 10.6 Å². The molecule has 0 amide bonds. The molecule has 0 aromatic carbocycles. The van der Waals surface area contributed by atoms with E-state index in [1.54, 1.807) is 6.20 Å². The molecule has 0 saturated carbocycles. The predicted molar refractivity (Wildman–Crippen MR) is 79.8 cm³/mol. The standard InChI is InChI=1S/C14H19N7O/c15-13-16-6-10-7-20(8-11(10)17-13)9-12-18-19-14(22-12)21-4-2-1-3-5-21/h6H,1-5,7-9H2,(H2,15,16,17). The van der Waals surface area contributed by atoms with Gasteiger partial charge in [-0.1, -0.05) is 5.10 Å². The monoisotopic (exact) mass is 301 g/mol. The Hall–Kier alpha value is -2.22. The first-order valence-electron chi connectivity index (χ1n) is 7.68. The number of hydrogen-bond acceptors (Lipinski definition) is 8. The van der Waals surface area contributed by atoms with Crippen LogP contribution >= 0.6 is 0 Å². The topological polar surface area (TPSA) is 97.2 Å². The quantitative estimate of drug-likeness (QED) is 0.895. The van der Waals surface area contributed by atoms with E-state index in [9.17, 15) is 0 Å². The lowest BCUT2D eigenvalue weighted by Gasteiger charge is -2.24. The van der Waals surface area contributed by atoms with E-state index >= 15 is 0 Å². The first-order chi connectivity index (χ1) is 10.8. The fraction of sp³-hybridized carbons (Fsp3) is 0.571. The minimum Gasteiger partial charge on any atom is -0.407 e. The molecule has 2 aliphatic heterocycles. The fourth-order valence-corrected chi connectivity index (χ4v) is 3.06. The summed E-state index contributed by atoms with van der Waals surface area (Å²) >= 11 is 0. The predicted octanol–water partition coefficient (Wildman–Crippen LogP) is 0.948. The van der Waals surface area contributed by atoms with Crippen molar-refractivity contribution >= 4 is 12.0 Å². The number of nitrogens with zero attached hydrogens (tertiary/aromatic N) is 6. The van der Waals surface area contributed by atoms with E-state index in [1.165, 1.54) is 19.3 Å². The van der Waals surface area contributed by atoms with Crippen LogP contribution in [0.25, 0.3) is 0 Å². The van der Waals surface area contributed by atoms with Crippen molar-refractivity contribution in [1.29, 1.82) is 0 Å². The molecule has 0 aliphatic carbocycles. The van der Waals surface area contributed by atoms with Crippen LogP contribution in [0.4, 0.5) is 12.0 Å². The van der Waals surface area contributed by atoms with Crippen LogP contribution in [0.1, 0.15) is 36.4 Å². The van der Waals surface area contributed by atoms with Crippen molar-refractivity contribution in [3.05, 3.63) is 23.3 Å². The number of nitrogen functional groups attached to an aromatic ring is 1. The summed E-state index contributed by atoms with van der Waals surface area (Å²) in [6, 6.07) is 0.649. The van der Waals surface area contributed by atoms with Crippen molar-refractivity contribution in [2.45, 2.75) is 38.9 Å². The Bertz CT molecular complexity index is 665. The largest absolute Gasteiger partial charge is 0.407 e. The summed E-state index contributed by atoms with van der Waals surface area (Å²) in [6.45, 7) is 4.16. The van der Waals surface area contributed by atoms with E-state index in [4.69, 9.17) is 10.2 Å². The van der Waals surface area contributed by atoms with E-state index < -0.39 is 0 Å². The first-order valence-corrected chi connectivity index (χ1v) is 7.68. The molecule has 22 heavy (non-hydrogen) atoms. The van der Waals surface area contributed by atoms with E-state index in [0.717, 1.165) is 37.4 Å². The van der Waals surface area contributed by atoms with E-state index in [2.05, 4.69) is 30.0 Å². The number of aromatic nitrogens is 4. The summed E-state index contributed by atoms with van der Waals surface area (Å²) in [6.07, 6.45) is 5.47. The normalized spacial score (nSPS) is 18.6. The average Bonchev–Trinajstić information content (AvgIpc) is 3.14. The lowest BCUT2D eigenvalue weighted by molar-refractivity contribution is 0.244. The second-order valence-electron chi connectivity index (χ2n) is 5.87. The van der Waals surface area contributed by atoms with Gasteiger partial charge in [-0.3, -0.25) is 4.90 Å². The van der Waals surface area contributed by atoms with Gasteiger partial charge in [-0.05, 0) is 19.3 Å². The van der Waals surface area contributed by atoms with Crippen molar-refractivity contribution in [1.82, 2.24) is 25.1 Å². The van der Waals surface area contributed by atoms with Gasteiger partial charge in [-0.2, -0.15) is 0 Å². The summed E-state index contributed by atoms with van der Waals surface area (Å²) in [5, 5.41) is 8.35. The molecule has 2 aromatic rings. The van der Waals surface area contributed by atoms with Gasteiger partial charge in [0.05, 0.1) is 12.2 Å². The number of nitrogens with two attached hydrogens (primary N) is 1. The number of hydrogen-bond donors (Lipinski definition) is 1. The third-order valence-corrected chi connectivity index (χ3v) is 4.18. The third-order valence-electron chi connectivity index (χ3n) is 4.18. The van der Waals surface area contributed by atoms with Crippen molar-refractivity contribution in [3.63, 3.8) is 0 Å². The fourth-order valence-electron chi connectivity index (χ4n) is 3.06. The molecule has 0 radical (unpaired) electrons. The average molecular weight is 301 g/mol. The Balaban J connectivity index is 1.41. The van der Waals surface area contributed by atoms with Crippen molar-refractivity contribution < 1.29 is 4.42 Å². The smallest absolute Gasteiger partial charge is 0.318 e. The molecular formula is C14H19N7O. The molecule has 8 heteroatoms. The van der Waals surface area contributed by atoms with Crippen molar-refractivity contribution in [3.8, 4) is 0 Å². The van der Waals surface area contributed by atoms with Crippen LogP contribution in [0, 0.1) is 0 Å². The molecule has 8 nitrogen and oxygen atoms in total. The number of rotatable bonds is 3. The zero-order chi connectivity index (χ0) is 14.9. The molecule has 0 unspecified atom stereocenters. The highest BCUT2D eigenvalue weighted by molar-refractivity contribution is 5.28. The van der Waals surface area contributed by atoms with Crippen LogP contribution in [0.3, 0.4) is 0 Å². The van der Waals surface area contributed by atoms with E-state index in [0.29, 0.717) is 24.4 Å². The molecule has 2 aromatic heterocycles. The summed E-state index contributed by atoms with van der Waals surface area (Å²) < 4.78 is 5.81. The molecule has 1 fully saturated rings. The Labute approximate surface area is 128 Å². The van der Waals surface area contributed by atoms with Gasteiger partial charge in [0, 0.05) is 37.9 Å². The highest BCUT2D eigenvalue weighted by atomic mass is 16.4. The molecular weight excluding hydrogens is 282 g/mol. The van der Waals surface area contributed by atoms with Crippen LogP contribution in [0.5, 0.6) is 0 Å². The highest BCUT2D eigenvalue weighted by Crippen LogP contribution is 2.24. The Morgan fingerprint density at radius 2 is 2.00 bits per heavy atom. The Kier molecular flexibility index (Phi) is 3.38. The second kappa shape index (κ2) is 5.53. The van der Waals surface area contributed by atoms with Gasteiger partial charge in [-0.15, -0.1) is 5.10 Å². The van der Waals surface area contributed by atoms with Crippen molar-refractivity contribution in [2.24, 2.45) is 0 Å². The minimum atomic E-state index is 0.325. The maximum atomic E-state index is 5.81. The summed E-state index contributed by atoms with van der Waals surface area (Å²) in [4.78, 5) is 12.7. The summed E-state index contributed by atoms with van der Waals surface area (Å²) in [5.74, 6) is 0.972. The summed E-state index contributed by atoms with van der Waals surface area (Å²) in [7, 11) is 0. The third kappa shape index (κ3) is 2.61. The van der Waals surface area contributed by atoms with Crippen LogP contribution in [-0.2, 0) is 19.6 Å². The van der Waals surface area contributed by atoms with Crippen LogP contribution in [0.2, 0.25) is 0 Å². The Morgan fingerprint density at radius 3 is 2.86 bits per heavy atom. The lowest BCUT2D eigenvalue weighted by atomic mass is 10.1. The molecule has 0 bridgehead atoms. The first kappa shape index (κ1) is 13.4. The second-order valence-corrected chi connectivity index (χ2v) is 5.87. The van der Waals surface area contributed by atoms with Gasteiger partial charge in [0.1, 0.15) is 0 Å². The van der Waals surface area contributed by atoms with Gasteiger partial charge in [0.25, 0.3) is 0 Å². The molecule has 4 rings (SSSR count). The van der Waals surface area contributed by atoms with Gasteiger partial charge in [0.15, 0.2) is 0 Å². The van der Waals surface area contributed by atoms with Crippen LogP contribution in [-0.4, -0.2) is 38.2 Å². The number of fused-ring (bicyclic) bond motifs is 1. The van der Waals surface area contributed by atoms with Crippen molar-refractivity contribution in [2.75, 3.05) is 23.7 Å². The van der Waals surface area contributed by atoms with Gasteiger partial charge < -0.3 is 15.1 Å².